The SMILES string of the molecule is CN(C)C(CN=C(N)Nc1cc(F)ccc1F)C1CC1. The molecule has 20 heavy (non-hydrogen) atoms. The largest absolute Gasteiger partial charge is 0.370 e. The minimum atomic E-state index is -0.559. The molecule has 0 heterocycles. The van der Waals surface area contributed by atoms with Gasteiger partial charge in [0.15, 0.2) is 5.96 Å². The molecule has 2 rings (SSSR count). The van der Waals surface area contributed by atoms with Crippen molar-refractivity contribution in [3.8, 4) is 0 Å². The van der Waals surface area contributed by atoms with Gasteiger partial charge in [0.1, 0.15) is 11.6 Å². The molecule has 3 N–H and O–H groups in total. The Morgan fingerprint density at radius 2 is 2.15 bits per heavy atom. The number of benzene rings is 1. The fourth-order valence-electron chi connectivity index (χ4n) is 2.18. The summed E-state index contributed by atoms with van der Waals surface area (Å²) in [4.78, 5) is 6.35. The van der Waals surface area contributed by atoms with Gasteiger partial charge in [-0.3, -0.25) is 4.99 Å². The van der Waals surface area contributed by atoms with E-state index in [0.717, 1.165) is 18.2 Å². The zero-order valence-corrected chi connectivity index (χ0v) is 11.7. The van der Waals surface area contributed by atoms with Crippen molar-refractivity contribution in [3.63, 3.8) is 0 Å². The van der Waals surface area contributed by atoms with Crippen LogP contribution >= 0.6 is 0 Å². The van der Waals surface area contributed by atoms with Crippen molar-refractivity contribution in [1.82, 2.24) is 4.90 Å². The monoisotopic (exact) mass is 282 g/mol. The number of anilines is 1. The van der Waals surface area contributed by atoms with Crippen molar-refractivity contribution < 1.29 is 8.78 Å². The first kappa shape index (κ1) is 14.7. The lowest BCUT2D eigenvalue weighted by Gasteiger charge is -2.22. The van der Waals surface area contributed by atoms with Gasteiger partial charge in [0.05, 0.1) is 12.2 Å². The molecular weight excluding hydrogens is 262 g/mol. The smallest absolute Gasteiger partial charge is 0.193 e. The van der Waals surface area contributed by atoms with Gasteiger partial charge in [0, 0.05) is 12.1 Å². The highest BCUT2D eigenvalue weighted by Crippen LogP contribution is 2.34. The number of nitrogens with two attached hydrogens (primary N) is 1. The van der Waals surface area contributed by atoms with E-state index in [1.807, 2.05) is 14.1 Å². The summed E-state index contributed by atoms with van der Waals surface area (Å²) in [6.45, 7) is 0.549. The number of rotatable bonds is 5. The number of likely N-dealkylation sites (N-methyl/N-ethyl adjacent to an activating group) is 1. The highest BCUT2D eigenvalue weighted by Gasteiger charge is 2.32. The van der Waals surface area contributed by atoms with Gasteiger partial charge in [0.25, 0.3) is 0 Å². The van der Waals surface area contributed by atoms with Gasteiger partial charge in [0.2, 0.25) is 0 Å². The van der Waals surface area contributed by atoms with E-state index in [1.54, 1.807) is 0 Å². The standard InChI is InChI=1S/C14H20F2N4/c1-20(2)13(9-3-4-9)8-18-14(17)19-12-7-10(15)5-6-11(12)16/h5-7,9,13H,3-4,8H2,1-2H3,(H3,17,18,19). The van der Waals surface area contributed by atoms with Crippen LogP contribution in [0.15, 0.2) is 23.2 Å². The summed E-state index contributed by atoms with van der Waals surface area (Å²) in [5.74, 6) is -0.323. The van der Waals surface area contributed by atoms with Gasteiger partial charge in [-0.15, -0.1) is 0 Å². The number of halogens is 2. The third-order valence-electron chi connectivity index (χ3n) is 3.47. The first-order chi connectivity index (χ1) is 9.47. The average molecular weight is 282 g/mol. The summed E-state index contributed by atoms with van der Waals surface area (Å²) in [5.41, 5.74) is 5.72. The minimum absolute atomic E-state index is 0.000856. The molecule has 1 atom stereocenters. The van der Waals surface area contributed by atoms with E-state index in [0.29, 0.717) is 18.5 Å². The number of hydrogen-bond acceptors (Lipinski definition) is 2. The molecule has 0 radical (unpaired) electrons. The molecule has 1 unspecified atom stereocenters. The number of hydrogen-bond donors (Lipinski definition) is 2. The van der Waals surface area contributed by atoms with Crippen molar-refractivity contribution in [3.05, 3.63) is 29.8 Å². The van der Waals surface area contributed by atoms with Crippen molar-refractivity contribution in [2.45, 2.75) is 18.9 Å². The van der Waals surface area contributed by atoms with Crippen LogP contribution in [0.5, 0.6) is 0 Å². The molecule has 0 aromatic heterocycles. The molecule has 1 aliphatic carbocycles. The fourth-order valence-corrected chi connectivity index (χ4v) is 2.18. The Morgan fingerprint density at radius 1 is 1.45 bits per heavy atom. The van der Waals surface area contributed by atoms with E-state index in [4.69, 9.17) is 5.73 Å². The number of guanidine groups is 1. The van der Waals surface area contributed by atoms with Crippen LogP contribution in [0, 0.1) is 17.6 Å². The summed E-state index contributed by atoms with van der Waals surface area (Å²) in [6, 6.07) is 3.51. The van der Waals surface area contributed by atoms with Crippen LogP contribution in [0.2, 0.25) is 0 Å². The first-order valence-electron chi connectivity index (χ1n) is 6.66. The lowest BCUT2D eigenvalue weighted by Crippen LogP contribution is -2.34. The van der Waals surface area contributed by atoms with E-state index in [9.17, 15) is 8.78 Å². The summed E-state index contributed by atoms with van der Waals surface area (Å²) in [6.07, 6.45) is 2.43. The Balaban J connectivity index is 1.98. The Kier molecular flexibility index (Phi) is 4.54. The zero-order chi connectivity index (χ0) is 14.7. The molecule has 1 aromatic carbocycles. The van der Waals surface area contributed by atoms with Crippen LogP contribution in [-0.2, 0) is 0 Å². The molecule has 6 heteroatoms. The first-order valence-corrected chi connectivity index (χ1v) is 6.66. The van der Waals surface area contributed by atoms with Crippen LogP contribution in [0.3, 0.4) is 0 Å². The summed E-state index contributed by atoms with van der Waals surface area (Å²) < 4.78 is 26.5. The lowest BCUT2D eigenvalue weighted by molar-refractivity contribution is 0.271. The van der Waals surface area contributed by atoms with E-state index in [-0.39, 0.29) is 11.6 Å². The predicted octanol–water partition coefficient (Wildman–Crippen LogP) is 2.03. The second kappa shape index (κ2) is 6.17. The van der Waals surface area contributed by atoms with Gasteiger partial charge < -0.3 is 16.0 Å². The van der Waals surface area contributed by atoms with E-state index >= 15 is 0 Å². The molecule has 1 aliphatic rings. The van der Waals surface area contributed by atoms with Crippen LogP contribution in [0.4, 0.5) is 14.5 Å². The highest BCUT2D eigenvalue weighted by atomic mass is 19.1. The molecule has 0 saturated heterocycles. The molecule has 0 amide bonds. The summed E-state index contributed by atoms with van der Waals surface area (Å²) in [7, 11) is 4.02. The number of nitrogens with zero attached hydrogens (tertiary/aromatic N) is 2. The van der Waals surface area contributed by atoms with Crippen molar-refractivity contribution in [2.75, 3.05) is 26.0 Å². The maximum Gasteiger partial charge on any atom is 0.193 e. The molecular formula is C14H20F2N4. The predicted molar refractivity (Wildman–Crippen MR) is 76.7 cm³/mol. The molecule has 1 saturated carbocycles. The van der Waals surface area contributed by atoms with Gasteiger partial charge in [-0.1, -0.05) is 0 Å². The quantitative estimate of drug-likeness (QED) is 0.642. The lowest BCUT2D eigenvalue weighted by atomic mass is 10.2. The van der Waals surface area contributed by atoms with Crippen molar-refractivity contribution in [2.24, 2.45) is 16.6 Å². The van der Waals surface area contributed by atoms with Crippen LogP contribution in [0.1, 0.15) is 12.8 Å². The minimum Gasteiger partial charge on any atom is -0.370 e. The van der Waals surface area contributed by atoms with Gasteiger partial charge in [-0.25, -0.2) is 8.78 Å². The molecule has 0 bridgehead atoms. The topological polar surface area (TPSA) is 53.6 Å². The van der Waals surface area contributed by atoms with E-state index < -0.39 is 11.6 Å². The summed E-state index contributed by atoms with van der Waals surface area (Å²) >= 11 is 0. The Bertz CT molecular complexity index is 496. The third-order valence-corrected chi connectivity index (χ3v) is 3.47. The highest BCUT2D eigenvalue weighted by molar-refractivity contribution is 5.92. The van der Waals surface area contributed by atoms with Gasteiger partial charge >= 0.3 is 0 Å². The van der Waals surface area contributed by atoms with Crippen LogP contribution in [-0.4, -0.2) is 37.5 Å². The van der Waals surface area contributed by atoms with Crippen molar-refractivity contribution in [1.29, 1.82) is 0 Å². The second-order valence-corrected chi connectivity index (χ2v) is 5.34. The van der Waals surface area contributed by atoms with E-state index in [1.165, 1.54) is 12.8 Å². The maximum atomic E-state index is 13.4. The molecule has 0 spiro atoms. The van der Waals surface area contributed by atoms with Gasteiger partial charge in [-0.2, -0.15) is 0 Å². The molecule has 1 fully saturated rings. The third kappa shape index (κ3) is 3.90. The average Bonchev–Trinajstić information content (AvgIpc) is 3.18. The number of aliphatic imine (C=N–C) groups is 1. The normalized spacial score (nSPS) is 17.4. The maximum absolute atomic E-state index is 13.4. The summed E-state index contributed by atoms with van der Waals surface area (Å²) in [5, 5.41) is 2.60. The van der Waals surface area contributed by atoms with E-state index in [2.05, 4.69) is 15.2 Å². The van der Waals surface area contributed by atoms with Gasteiger partial charge in [-0.05, 0) is 45.0 Å². The van der Waals surface area contributed by atoms with Crippen LogP contribution < -0.4 is 11.1 Å². The molecule has 110 valence electrons. The Morgan fingerprint density at radius 3 is 2.75 bits per heavy atom. The Labute approximate surface area is 117 Å². The van der Waals surface area contributed by atoms with Crippen LogP contribution in [0.25, 0.3) is 0 Å². The fraction of sp³-hybridized carbons (Fsp3) is 0.500. The second-order valence-electron chi connectivity index (χ2n) is 5.34. The number of nitrogens with one attached hydrogen (secondary N) is 1. The molecule has 0 aliphatic heterocycles. The van der Waals surface area contributed by atoms with Crippen molar-refractivity contribution >= 4 is 11.6 Å². The molecule has 4 nitrogen and oxygen atoms in total. The Hall–Kier alpha value is -1.69. The molecule has 1 aromatic rings. The zero-order valence-electron chi connectivity index (χ0n) is 11.7.